The molecule has 0 aliphatic rings. The molecule has 2 aromatic heterocycles. The number of halogens is 1. The molecule has 1 unspecified atom stereocenters. The average Bonchev–Trinajstić information content (AvgIpc) is 2.95. The van der Waals surface area contributed by atoms with Crippen molar-refractivity contribution in [1.29, 1.82) is 0 Å². The van der Waals surface area contributed by atoms with Crippen LogP contribution < -0.4 is 5.32 Å². The van der Waals surface area contributed by atoms with E-state index in [0.717, 1.165) is 24.3 Å². The van der Waals surface area contributed by atoms with Crippen LogP contribution in [0.1, 0.15) is 11.3 Å². The molecule has 0 saturated heterocycles. The number of benzene rings is 1. The molecule has 3 nitrogen and oxygen atoms in total. The highest BCUT2D eigenvalue weighted by Gasteiger charge is 2.09. The van der Waals surface area contributed by atoms with Crippen molar-refractivity contribution in [3.63, 3.8) is 0 Å². The number of hydrogen-bond donors (Lipinski definition) is 1. The standard InChI is InChI=1S/C17H18ClN3/c18-11-15(10-14-6-2-1-3-7-14)19-12-16-13-21-9-5-4-8-17(21)20-16/h1-9,13,15,19H,10-12H2. The number of alkyl halides is 1. The molecule has 0 aliphatic heterocycles. The second kappa shape index (κ2) is 6.74. The Kier molecular flexibility index (Phi) is 4.53. The number of imidazole rings is 1. The number of pyridine rings is 1. The highest BCUT2D eigenvalue weighted by atomic mass is 35.5. The van der Waals surface area contributed by atoms with Crippen LogP contribution in [0.5, 0.6) is 0 Å². The minimum atomic E-state index is 0.249. The van der Waals surface area contributed by atoms with Crippen LogP contribution in [0.15, 0.2) is 60.9 Å². The Morgan fingerprint density at radius 2 is 1.90 bits per heavy atom. The summed E-state index contributed by atoms with van der Waals surface area (Å²) in [4.78, 5) is 4.58. The first kappa shape index (κ1) is 14.1. The zero-order chi connectivity index (χ0) is 14.5. The lowest BCUT2D eigenvalue weighted by Crippen LogP contribution is -2.32. The highest BCUT2D eigenvalue weighted by Crippen LogP contribution is 2.07. The molecule has 0 amide bonds. The van der Waals surface area contributed by atoms with E-state index in [-0.39, 0.29) is 6.04 Å². The molecule has 1 N–H and O–H groups in total. The Morgan fingerprint density at radius 1 is 1.10 bits per heavy atom. The molecule has 3 aromatic rings. The van der Waals surface area contributed by atoms with Crippen LogP contribution in [0, 0.1) is 0 Å². The predicted octanol–water partition coefficient (Wildman–Crippen LogP) is 3.27. The summed E-state index contributed by atoms with van der Waals surface area (Å²) in [5.41, 5.74) is 3.30. The molecular weight excluding hydrogens is 282 g/mol. The van der Waals surface area contributed by atoms with E-state index in [0.29, 0.717) is 5.88 Å². The Morgan fingerprint density at radius 3 is 2.67 bits per heavy atom. The van der Waals surface area contributed by atoms with Crippen molar-refractivity contribution in [3.8, 4) is 0 Å². The van der Waals surface area contributed by atoms with Gasteiger partial charge in [-0.1, -0.05) is 36.4 Å². The Balaban J connectivity index is 1.62. The lowest BCUT2D eigenvalue weighted by molar-refractivity contribution is 0.545. The normalized spacial score (nSPS) is 12.6. The summed E-state index contributed by atoms with van der Waals surface area (Å²) < 4.78 is 2.03. The van der Waals surface area contributed by atoms with Gasteiger partial charge in [-0.25, -0.2) is 4.98 Å². The van der Waals surface area contributed by atoms with Crippen LogP contribution in [0.3, 0.4) is 0 Å². The van der Waals surface area contributed by atoms with Crippen LogP contribution in [-0.2, 0) is 13.0 Å². The van der Waals surface area contributed by atoms with Crippen molar-refractivity contribution >= 4 is 17.2 Å². The molecule has 0 aliphatic carbocycles. The van der Waals surface area contributed by atoms with Gasteiger partial charge in [0.15, 0.2) is 0 Å². The van der Waals surface area contributed by atoms with Gasteiger partial charge in [-0.2, -0.15) is 0 Å². The van der Waals surface area contributed by atoms with Crippen molar-refractivity contribution in [3.05, 3.63) is 72.2 Å². The number of nitrogens with one attached hydrogen (secondary N) is 1. The quantitative estimate of drug-likeness (QED) is 0.708. The molecule has 0 fully saturated rings. The maximum atomic E-state index is 6.07. The highest BCUT2D eigenvalue weighted by molar-refractivity contribution is 6.18. The number of hydrogen-bond acceptors (Lipinski definition) is 2. The van der Waals surface area contributed by atoms with Crippen LogP contribution in [0.2, 0.25) is 0 Å². The third-order valence-electron chi connectivity index (χ3n) is 3.50. The maximum absolute atomic E-state index is 6.07. The van der Waals surface area contributed by atoms with Crippen molar-refractivity contribution in [1.82, 2.24) is 14.7 Å². The second-order valence-electron chi connectivity index (χ2n) is 5.12. The van der Waals surface area contributed by atoms with E-state index in [9.17, 15) is 0 Å². The number of rotatable bonds is 6. The Labute approximate surface area is 129 Å². The fourth-order valence-electron chi connectivity index (χ4n) is 2.40. The smallest absolute Gasteiger partial charge is 0.137 e. The maximum Gasteiger partial charge on any atom is 0.137 e. The Bertz CT molecular complexity index is 660. The van der Waals surface area contributed by atoms with Crippen LogP contribution in [-0.4, -0.2) is 21.3 Å². The summed E-state index contributed by atoms with van der Waals surface area (Å²) in [6.45, 7) is 0.728. The molecule has 1 atom stereocenters. The SMILES string of the molecule is ClCC(Cc1ccccc1)NCc1cn2ccccc2n1. The van der Waals surface area contributed by atoms with E-state index in [1.807, 2.05) is 34.9 Å². The first-order chi connectivity index (χ1) is 10.3. The van der Waals surface area contributed by atoms with Crippen LogP contribution in [0.25, 0.3) is 5.65 Å². The summed E-state index contributed by atoms with van der Waals surface area (Å²) in [7, 11) is 0. The lowest BCUT2D eigenvalue weighted by Gasteiger charge is -2.15. The van der Waals surface area contributed by atoms with Gasteiger partial charge in [-0.3, -0.25) is 0 Å². The monoisotopic (exact) mass is 299 g/mol. The molecule has 2 heterocycles. The molecule has 1 aromatic carbocycles. The van der Waals surface area contributed by atoms with Gasteiger partial charge in [0.25, 0.3) is 0 Å². The van der Waals surface area contributed by atoms with Crippen LogP contribution in [0.4, 0.5) is 0 Å². The Hall–Kier alpha value is -1.84. The number of fused-ring (bicyclic) bond motifs is 1. The van der Waals surface area contributed by atoms with Crippen molar-refractivity contribution in [2.24, 2.45) is 0 Å². The molecule has 0 spiro atoms. The second-order valence-corrected chi connectivity index (χ2v) is 5.43. The van der Waals surface area contributed by atoms with E-state index >= 15 is 0 Å². The van der Waals surface area contributed by atoms with Gasteiger partial charge >= 0.3 is 0 Å². The first-order valence-electron chi connectivity index (χ1n) is 7.11. The van der Waals surface area contributed by atoms with Crippen molar-refractivity contribution in [2.75, 3.05) is 5.88 Å². The topological polar surface area (TPSA) is 29.3 Å². The van der Waals surface area contributed by atoms with Gasteiger partial charge < -0.3 is 9.72 Å². The van der Waals surface area contributed by atoms with E-state index in [2.05, 4.69) is 40.8 Å². The predicted molar refractivity (Wildman–Crippen MR) is 86.7 cm³/mol. The molecule has 0 radical (unpaired) electrons. The molecule has 21 heavy (non-hydrogen) atoms. The third-order valence-corrected chi connectivity index (χ3v) is 3.87. The molecule has 4 heteroatoms. The van der Waals surface area contributed by atoms with Gasteiger partial charge in [0.05, 0.1) is 5.69 Å². The first-order valence-corrected chi connectivity index (χ1v) is 7.64. The summed E-state index contributed by atoms with van der Waals surface area (Å²) in [6, 6.07) is 16.7. The minimum Gasteiger partial charge on any atom is -0.307 e. The summed E-state index contributed by atoms with van der Waals surface area (Å²) in [5, 5.41) is 3.49. The van der Waals surface area contributed by atoms with E-state index < -0.39 is 0 Å². The van der Waals surface area contributed by atoms with Gasteiger partial charge in [-0.15, -0.1) is 11.6 Å². The summed E-state index contributed by atoms with van der Waals surface area (Å²) in [5.74, 6) is 0.586. The molecule has 0 bridgehead atoms. The van der Waals surface area contributed by atoms with Gasteiger partial charge in [0.1, 0.15) is 5.65 Å². The number of nitrogens with zero attached hydrogens (tertiary/aromatic N) is 2. The largest absolute Gasteiger partial charge is 0.307 e. The molecule has 0 saturated carbocycles. The number of aromatic nitrogens is 2. The van der Waals surface area contributed by atoms with Gasteiger partial charge in [-0.05, 0) is 24.1 Å². The van der Waals surface area contributed by atoms with E-state index in [1.165, 1.54) is 5.56 Å². The van der Waals surface area contributed by atoms with Crippen LogP contribution >= 0.6 is 11.6 Å². The van der Waals surface area contributed by atoms with E-state index in [4.69, 9.17) is 11.6 Å². The summed E-state index contributed by atoms with van der Waals surface area (Å²) in [6.07, 6.45) is 4.99. The molecular formula is C17H18ClN3. The van der Waals surface area contributed by atoms with E-state index in [1.54, 1.807) is 0 Å². The molecule has 108 valence electrons. The van der Waals surface area contributed by atoms with Gasteiger partial charge in [0.2, 0.25) is 0 Å². The fraction of sp³-hybridized carbons (Fsp3) is 0.235. The third kappa shape index (κ3) is 3.63. The lowest BCUT2D eigenvalue weighted by atomic mass is 10.1. The summed E-state index contributed by atoms with van der Waals surface area (Å²) >= 11 is 6.07. The molecule has 3 rings (SSSR count). The van der Waals surface area contributed by atoms with Gasteiger partial charge in [0, 0.05) is 30.9 Å². The fourth-order valence-corrected chi connectivity index (χ4v) is 2.62. The average molecular weight is 300 g/mol. The van der Waals surface area contributed by atoms with Crippen molar-refractivity contribution < 1.29 is 0 Å². The minimum absolute atomic E-state index is 0.249. The zero-order valence-electron chi connectivity index (χ0n) is 11.7. The zero-order valence-corrected chi connectivity index (χ0v) is 12.5. The van der Waals surface area contributed by atoms with Crippen molar-refractivity contribution in [2.45, 2.75) is 19.0 Å².